The molecule has 0 unspecified atom stereocenters. The number of carbonyl (C=O) groups is 2. The number of anilines is 1. The summed E-state index contributed by atoms with van der Waals surface area (Å²) in [4.78, 5) is 34.8. The second-order valence-electron chi connectivity index (χ2n) is 9.27. The van der Waals surface area contributed by atoms with Crippen LogP contribution in [-0.4, -0.2) is 70.5 Å². The number of aryl methyl sites for hydroxylation is 1. The van der Waals surface area contributed by atoms with Crippen molar-refractivity contribution in [2.24, 2.45) is 0 Å². The molecule has 3 amide bonds. The van der Waals surface area contributed by atoms with E-state index in [4.69, 9.17) is 16.5 Å². The molecular formula is C27H30ClN5O3S. The van der Waals surface area contributed by atoms with Gasteiger partial charge in [0, 0.05) is 65.4 Å². The Morgan fingerprint density at radius 2 is 2.08 bits per heavy atom. The van der Waals surface area contributed by atoms with E-state index in [1.54, 1.807) is 28.5 Å². The number of nitrogens with zero attached hydrogens (tertiary/aromatic N) is 4. The van der Waals surface area contributed by atoms with Crippen LogP contribution in [0.4, 0.5) is 10.6 Å². The Morgan fingerprint density at radius 3 is 2.89 bits per heavy atom. The molecule has 2 aliphatic heterocycles. The predicted molar refractivity (Wildman–Crippen MR) is 148 cm³/mol. The van der Waals surface area contributed by atoms with Crippen LogP contribution in [0.1, 0.15) is 28.0 Å². The lowest BCUT2D eigenvalue weighted by Gasteiger charge is -2.31. The van der Waals surface area contributed by atoms with Gasteiger partial charge >= 0.3 is 6.03 Å². The van der Waals surface area contributed by atoms with Crippen LogP contribution in [0, 0.1) is 6.92 Å². The van der Waals surface area contributed by atoms with Crippen molar-refractivity contribution in [3.63, 3.8) is 0 Å². The van der Waals surface area contributed by atoms with Gasteiger partial charge in [-0.2, -0.15) is 0 Å². The normalized spacial score (nSPS) is 16.3. The number of urea groups is 1. The average molecular weight is 540 g/mol. The second kappa shape index (κ2) is 11.6. The Labute approximate surface area is 225 Å². The first kappa shape index (κ1) is 25.7. The maximum absolute atomic E-state index is 12.7. The molecule has 1 saturated heterocycles. The minimum atomic E-state index is -0.297. The first-order valence-electron chi connectivity index (χ1n) is 12.5. The molecule has 5 rings (SSSR count). The maximum Gasteiger partial charge on any atom is 0.323 e. The van der Waals surface area contributed by atoms with Gasteiger partial charge in [-0.25, -0.2) is 14.2 Å². The number of fused-ring (bicyclic) bond motifs is 2. The van der Waals surface area contributed by atoms with E-state index < -0.39 is 0 Å². The fourth-order valence-corrected chi connectivity index (χ4v) is 6.08. The summed E-state index contributed by atoms with van der Waals surface area (Å²) in [7, 11) is 0. The largest absolute Gasteiger partial charge is 0.379 e. The number of nitrogens with one attached hydrogen (secondary N) is 1. The molecule has 0 saturated carbocycles. The van der Waals surface area contributed by atoms with Gasteiger partial charge in [-0.05, 0) is 48.1 Å². The zero-order chi connectivity index (χ0) is 25.8. The summed E-state index contributed by atoms with van der Waals surface area (Å²) in [6.45, 7) is 7.92. The Morgan fingerprint density at radius 1 is 1.27 bits per heavy atom. The maximum atomic E-state index is 12.7. The van der Waals surface area contributed by atoms with E-state index in [0.717, 1.165) is 60.8 Å². The molecule has 194 valence electrons. The molecule has 2 aliphatic rings. The molecule has 1 N–H and O–H groups in total. The molecular weight excluding hydrogens is 510 g/mol. The van der Waals surface area contributed by atoms with Gasteiger partial charge in [0.1, 0.15) is 5.82 Å². The highest BCUT2D eigenvalue weighted by Gasteiger charge is 2.24. The molecule has 1 aromatic carbocycles. The van der Waals surface area contributed by atoms with Crippen LogP contribution < -0.4 is 5.32 Å². The number of carbonyl (C=O) groups excluding carboxylic acids is 2. The number of halogens is 1. The van der Waals surface area contributed by atoms with Gasteiger partial charge in [0.25, 0.3) is 5.91 Å². The molecule has 0 bridgehead atoms. The molecule has 1 fully saturated rings. The highest BCUT2D eigenvalue weighted by atomic mass is 35.5. The van der Waals surface area contributed by atoms with Crippen molar-refractivity contribution >= 4 is 57.0 Å². The number of rotatable bonds is 8. The highest BCUT2D eigenvalue weighted by molar-refractivity contribution is 7.19. The molecule has 8 nitrogen and oxygen atoms in total. The number of aromatic nitrogens is 1. The smallest absolute Gasteiger partial charge is 0.323 e. The number of ether oxygens (including phenoxy) is 1. The molecule has 0 spiro atoms. The van der Waals surface area contributed by atoms with Crippen LogP contribution in [0.2, 0.25) is 0 Å². The van der Waals surface area contributed by atoms with E-state index >= 15 is 0 Å². The Bertz CT molecular complexity index is 1320. The third-order valence-corrected chi connectivity index (χ3v) is 8.29. The zero-order valence-electron chi connectivity index (χ0n) is 20.8. The summed E-state index contributed by atoms with van der Waals surface area (Å²) < 4.78 is 7.78. The topological polar surface area (TPSA) is 78.0 Å². The monoisotopic (exact) mass is 539 g/mol. The minimum Gasteiger partial charge on any atom is -0.379 e. The van der Waals surface area contributed by atoms with Crippen LogP contribution in [0.3, 0.4) is 0 Å². The first-order valence-corrected chi connectivity index (χ1v) is 13.6. The first-order chi connectivity index (χ1) is 18.0. The van der Waals surface area contributed by atoms with Gasteiger partial charge in [-0.1, -0.05) is 18.2 Å². The van der Waals surface area contributed by atoms with Crippen LogP contribution in [-0.2, 0) is 22.6 Å². The Kier molecular flexibility index (Phi) is 8.05. The fourth-order valence-electron chi connectivity index (χ4n) is 4.63. The van der Waals surface area contributed by atoms with Gasteiger partial charge < -0.3 is 9.64 Å². The molecule has 0 atom stereocenters. The molecule has 2 aromatic heterocycles. The third-order valence-electron chi connectivity index (χ3n) is 6.75. The van der Waals surface area contributed by atoms with E-state index in [9.17, 15) is 9.59 Å². The van der Waals surface area contributed by atoms with E-state index in [-0.39, 0.29) is 11.9 Å². The standard InChI is InChI=1S/C27H30ClN5O3S/c1-19-22-5-2-3-6-23(22)37-24(19)18-33(28)25(34)8-7-20-15-21-17-32(27(35)30-26(21)29-16-20)10-4-9-31-11-13-36-14-12-31/h2-3,5-8,15-16H,4,9-14,17-18H2,1H3,(H,29,30,35)/b8-7+. The number of amides is 3. The van der Waals surface area contributed by atoms with Crippen LogP contribution in [0.5, 0.6) is 0 Å². The minimum absolute atomic E-state index is 0.130. The number of morpholine rings is 1. The number of hydrogen-bond donors (Lipinski definition) is 1. The van der Waals surface area contributed by atoms with Gasteiger partial charge in [-0.15, -0.1) is 11.3 Å². The predicted octanol–water partition coefficient (Wildman–Crippen LogP) is 4.87. The summed E-state index contributed by atoms with van der Waals surface area (Å²) in [6, 6.07) is 10.0. The van der Waals surface area contributed by atoms with E-state index in [0.29, 0.717) is 25.5 Å². The van der Waals surface area contributed by atoms with Crippen LogP contribution in [0.25, 0.3) is 16.2 Å². The van der Waals surface area contributed by atoms with Crippen molar-refractivity contribution in [1.29, 1.82) is 0 Å². The van der Waals surface area contributed by atoms with Crippen molar-refractivity contribution in [3.8, 4) is 0 Å². The van der Waals surface area contributed by atoms with Crippen molar-refractivity contribution < 1.29 is 14.3 Å². The van der Waals surface area contributed by atoms with Crippen LogP contribution >= 0.6 is 23.1 Å². The summed E-state index contributed by atoms with van der Waals surface area (Å²) >= 11 is 8.00. The molecule has 4 heterocycles. The molecule has 0 aliphatic carbocycles. The lowest BCUT2D eigenvalue weighted by molar-refractivity contribution is -0.121. The number of benzene rings is 1. The van der Waals surface area contributed by atoms with Crippen molar-refractivity contribution in [3.05, 3.63) is 64.2 Å². The van der Waals surface area contributed by atoms with Gasteiger partial charge in [0.15, 0.2) is 0 Å². The van der Waals surface area contributed by atoms with E-state index in [1.807, 2.05) is 18.2 Å². The number of pyridine rings is 1. The summed E-state index contributed by atoms with van der Waals surface area (Å²) in [5, 5.41) is 4.07. The molecule has 37 heavy (non-hydrogen) atoms. The van der Waals surface area contributed by atoms with Crippen molar-refractivity contribution in [1.82, 2.24) is 19.2 Å². The highest BCUT2D eigenvalue weighted by Crippen LogP contribution is 2.32. The van der Waals surface area contributed by atoms with Crippen LogP contribution in [0.15, 0.2) is 42.6 Å². The SMILES string of the molecule is Cc1c(CN(Cl)C(=O)/C=C/c2cnc3c(c2)CN(CCCN2CCOCC2)C(=O)N3)sc2ccccc12. The number of thiophene rings is 1. The van der Waals surface area contributed by atoms with E-state index in [2.05, 4.69) is 34.3 Å². The van der Waals surface area contributed by atoms with Crippen molar-refractivity contribution in [2.45, 2.75) is 26.4 Å². The second-order valence-corrected chi connectivity index (χ2v) is 10.8. The zero-order valence-corrected chi connectivity index (χ0v) is 22.4. The third kappa shape index (κ3) is 6.13. The molecule has 3 aromatic rings. The summed E-state index contributed by atoms with van der Waals surface area (Å²) in [5.41, 5.74) is 2.85. The summed E-state index contributed by atoms with van der Waals surface area (Å²) in [6.07, 6.45) is 5.71. The quantitative estimate of drug-likeness (QED) is 0.326. The molecule has 10 heteroatoms. The van der Waals surface area contributed by atoms with Gasteiger partial charge in [0.2, 0.25) is 0 Å². The fraction of sp³-hybridized carbons (Fsp3) is 0.370. The lowest BCUT2D eigenvalue weighted by atomic mass is 10.1. The Balaban J connectivity index is 1.18. The molecule has 0 radical (unpaired) electrons. The summed E-state index contributed by atoms with van der Waals surface area (Å²) in [5.74, 6) is 0.270. The average Bonchev–Trinajstić information content (AvgIpc) is 3.23. The van der Waals surface area contributed by atoms with Gasteiger partial charge in [0.05, 0.1) is 26.3 Å². The van der Waals surface area contributed by atoms with Crippen molar-refractivity contribution in [2.75, 3.05) is 44.7 Å². The van der Waals surface area contributed by atoms with Gasteiger partial charge in [-0.3, -0.25) is 15.0 Å². The lowest BCUT2D eigenvalue weighted by Crippen LogP contribution is -2.42. The number of hydrogen-bond acceptors (Lipinski definition) is 6. The van der Waals surface area contributed by atoms with E-state index in [1.165, 1.54) is 20.6 Å². The Hall–Kier alpha value is -2.98.